The molecule has 0 bridgehead atoms. The number of hydroxylamine groups is 1. The average Bonchev–Trinajstić information content (AvgIpc) is 3.35. The van der Waals surface area contributed by atoms with Crippen LogP contribution < -0.4 is 16.7 Å². The van der Waals surface area contributed by atoms with Crippen molar-refractivity contribution < 1.29 is 4.84 Å². The molecule has 0 spiro atoms. The van der Waals surface area contributed by atoms with Crippen molar-refractivity contribution >= 4 is 23.6 Å². The lowest BCUT2D eigenvalue weighted by atomic mass is 9.89. The minimum Gasteiger partial charge on any atom is -0.324 e. The van der Waals surface area contributed by atoms with Crippen LogP contribution in [0.2, 0.25) is 0 Å². The minimum absolute atomic E-state index is 0. The summed E-state index contributed by atoms with van der Waals surface area (Å²) >= 11 is 0. The van der Waals surface area contributed by atoms with Gasteiger partial charge in [-0.25, -0.2) is 9.78 Å². The molecule has 2 fully saturated rings. The average molecular weight is 516 g/mol. The van der Waals surface area contributed by atoms with Crippen molar-refractivity contribution in [3.8, 4) is 11.4 Å². The fourth-order valence-electron chi connectivity index (χ4n) is 5.82. The molecule has 2 N–H and O–H groups in total. The van der Waals surface area contributed by atoms with E-state index >= 15 is 0 Å². The number of H-pyrrole nitrogens is 1. The van der Waals surface area contributed by atoms with E-state index in [0.29, 0.717) is 48.5 Å². The Morgan fingerprint density at radius 1 is 0.917 bits per heavy atom. The van der Waals surface area contributed by atoms with Gasteiger partial charge in [0.25, 0.3) is 5.56 Å². The van der Waals surface area contributed by atoms with Crippen molar-refractivity contribution in [2.24, 2.45) is 11.8 Å². The second kappa shape index (κ2) is 12.2. The number of hydrogen-bond acceptors (Lipinski definition) is 5. The monoisotopic (exact) mass is 515 g/mol. The van der Waals surface area contributed by atoms with Gasteiger partial charge in [-0.3, -0.25) is 13.9 Å². The number of aromatic amines is 1. The zero-order valence-corrected chi connectivity index (χ0v) is 21.9. The number of fused-ring (bicyclic) bond motifs is 1. The lowest BCUT2D eigenvalue weighted by Gasteiger charge is -2.24. The van der Waals surface area contributed by atoms with Crippen LogP contribution in [0.5, 0.6) is 0 Å². The summed E-state index contributed by atoms with van der Waals surface area (Å²) in [7, 11) is 1.59. The second-order valence-electron chi connectivity index (χ2n) is 10.3. The Morgan fingerprint density at radius 2 is 1.50 bits per heavy atom. The molecule has 2 aromatic heterocycles. The Labute approximate surface area is 217 Å². The minimum atomic E-state index is -0.265. The van der Waals surface area contributed by atoms with Crippen LogP contribution in [0.4, 0.5) is 0 Å². The van der Waals surface area contributed by atoms with E-state index in [9.17, 15) is 9.59 Å². The summed E-state index contributed by atoms with van der Waals surface area (Å²) < 4.78 is 3.29. The maximum atomic E-state index is 13.7. The maximum absolute atomic E-state index is 13.7. The van der Waals surface area contributed by atoms with Gasteiger partial charge in [0.1, 0.15) is 11.5 Å². The molecule has 0 unspecified atom stereocenters. The molecule has 2 aliphatic carbocycles. The van der Waals surface area contributed by atoms with Crippen molar-refractivity contribution in [1.29, 1.82) is 0 Å². The van der Waals surface area contributed by atoms with Gasteiger partial charge in [-0.1, -0.05) is 62.8 Å². The van der Waals surface area contributed by atoms with E-state index in [-0.39, 0.29) is 23.7 Å². The molecule has 2 aliphatic rings. The lowest BCUT2D eigenvalue weighted by molar-refractivity contribution is 0.0867. The quantitative estimate of drug-likeness (QED) is 0.421. The Bertz CT molecular complexity index is 1250. The Balaban J connectivity index is 0.00000304. The summed E-state index contributed by atoms with van der Waals surface area (Å²) in [6.45, 7) is 1.74. The highest BCUT2D eigenvalue weighted by Gasteiger charge is 2.24. The molecule has 2 heterocycles. The highest BCUT2D eigenvalue weighted by Crippen LogP contribution is 2.27. The van der Waals surface area contributed by atoms with Gasteiger partial charge < -0.3 is 9.82 Å². The Hall–Kier alpha value is -2.42. The first-order valence-corrected chi connectivity index (χ1v) is 13.2. The lowest BCUT2D eigenvalue weighted by Crippen LogP contribution is -2.42. The maximum Gasteiger partial charge on any atom is 0.332 e. The fourth-order valence-corrected chi connectivity index (χ4v) is 5.82. The number of rotatable bonds is 8. The van der Waals surface area contributed by atoms with Crippen molar-refractivity contribution in [3.63, 3.8) is 0 Å². The molecule has 0 amide bonds. The highest BCUT2D eigenvalue weighted by molar-refractivity contribution is 5.85. The topological polar surface area (TPSA) is 93.9 Å². The smallest absolute Gasteiger partial charge is 0.324 e. The molecule has 0 saturated heterocycles. The van der Waals surface area contributed by atoms with Crippen molar-refractivity contribution in [3.05, 3.63) is 50.7 Å². The van der Waals surface area contributed by atoms with Crippen molar-refractivity contribution in [1.82, 2.24) is 24.6 Å². The molecule has 5 rings (SSSR count). The molecule has 2 saturated carbocycles. The molecule has 0 radical (unpaired) electrons. The van der Waals surface area contributed by atoms with Crippen LogP contribution in [0.15, 0.2) is 33.9 Å². The molecule has 0 atom stereocenters. The van der Waals surface area contributed by atoms with E-state index in [0.717, 1.165) is 36.8 Å². The highest BCUT2D eigenvalue weighted by atomic mass is 35.5. The van der Waals surface area contributed by atoms with Crippen LogP contribution in [0, 0.1) is 11.8 Å². The molecule has 1 aromatic carbocycles. The molecule has 196 valence electrons. The van der Waals surface area contributed by atoms with E-state index in [4.69, 9.17) is 9.82 Å². The molecule has 0 aliphatic heterocycles. The number of nitrogens with zero attached hydrogens (tertiary/aromatic N) is 3. The van der Waals surface area contributed by atoms with E-state index in [1.165, 1.54) is 43.1 Å². The molecule has 3 aromatic rings. The summed E-state index contributed by atoms with van der Waals surface area (Å²) in [4.78, 5) is 40.2. The molecular formula is C27H38ClN5O3. The predicted molar refractivity (Wildman–Crippen MR) is 144 cm³/mol. The SMILES string of the molecule is CONCc1ccc(-c2nc3c(=O)n(CC4CCCCC4)c(=O)n(CC4CCCCC4)c3[nH]2)cc1.Cl. The number of imidazole rings is 1. The van der Waals surface area contributed by atoms with E-state index < -0.39 is 0 Å². The van der Waals surface area contributed by atoms with Crippen LogP contribution in [-0.4, -0.2) is 26.2 Å². The van der Waals surface area contributed by atoms with Gasteiger partial charge in [0.2, 0.25) is 0 Å². The first-order valence-electron chi connectivity index (χ1n) is 13.2. The van der Waals surface area contributed by atoms with Gasteiger partial charge in [0.05, 0.1) is 7.11 Å². The number of aromatic nitrogens is 4. The van der Waals surface area contributed by atoms with Gasteiger partial charge in [-0.2, -0.15) is 5.48 Å². The van der Waals surface area contributed by atoms with Crippen LogP contribution in [0.25, 0.3) is 22.6 Å². The van der Waals surface area contributed by atoms with Crippen LogP contribution in [0.3, 0.4) is 0 Å². The first-order chi connectivity index (χ1) is 17.1. The fraction of sp³-hybridized carbons (Fsp3) is 0.593. The molecule has 8 nitrogen and oxygen atoms in total. The van der Waals surface area contributed by atoms with Crippen molar-refractivity contribution in [2.45, 2.75) is 83.8 Å². The third-order valence-electron chi connectivity index (χ3n) is 7.84. The third kappa shape index (κ3) is 5.76. The third-order valence-corrected chi connectivity index (χ3v) is 7.84. The van der Waals surface area contributed by atoms with Crippen LogP contribution in [0.1, 0.15) is 69.8 Å². The zero-order chi connectivity index (χ0) is 24.2. The number of hydrogen-bond donors (Lipinski definition) is 2. The summed E-state index contributed by atoms with van der Waals surface area (Å²) in [6, 6.07) is 7.97. The van der Waals surface area contributed by atoms with E-state index in [1.54, 1.807) is 7.11 Å². The van der Waals surface area contributed by atoms with Gasteiger partial charge in [0.15, 0.2) is 5.52 Å². The van der Waals surface area contributed by atoms with Gasteiger partial charge in [-0.05, 0) is 43.1 Å². The number of halogens is 1. The summed E-state index contributed by atoms with van der Waals surface area (Å²) in [5.74, 6) is 1.47. The zero-order valence-electron chi connectivity index (χ0n) is 21.1. The molecule has 36 heavy (non-hydrogen) atoms. The Kier molecular flexibility index (Phi) is 9.04. The van der Waals surface area contributed by atoms with Crippen molar-refractivity contribution in [2.75, 3.05) is 7.11 Å². The van der Waals surface area contributed by atoms with Crippen LogP contribution in [-0.2, 0) is 24.5 Å². The summed E-state index contributed by atoms with van der Waals surface area (Å²) in [6.07, 6.45) is 11.7. The molecule has 9 heteroatoms. The normalized spacial score (nSPS) is 17.4. The van der Waals surface area contributed by atoms with Gasteiger partial charge in [-0.15, -0.1) is 12.4 Å². The van der Waals surface area contributed by atoms with E-state index in [2.05, 4.69) is 10.5 Å². The molecular weight excluding hydrogens is 478 g/mol. The predicted octanol–water partition coefficient (Wildman–Crippen LogP) is 4.79. The first kappa shape index (κ1) is 26.6. The van der Waals surface area contributed by atoms with E-state index in [1.807, 2.05) is 28.8 Å². The number of nitrogens with one attached hydrogen (secondary N) is 2. The summed E-state index contributed by atoms with van der Waals surface area (Å²) in [5.41, 5.74) is 5.29. The number of benzene rings is 1. The Morgan fingerprint density at radius 3 is 2.08 bits per heavy atom. The largest absolute Gasteiger partial charge is 0.332 e. The van der Waals surface area contributed by atoms with Crippen LogP contribution >= 0.6 is 12.4 Å². The van der Waals surface area contributed by atoms with Gasteiger partial charge in [0, 0.05) is 25.2 Å². The van der Waals surface area contributed by atoms with Gasteiger partial charge >= 0.3 is 5.69 Å². The summed E-state index contributed by atoms with van der Waals surface area (Å²) in [5, 5.41) is 0. The second-order valence-corrected chi connectivity index (χ2v) is 10.3. The standard InChI is InChI=1S/C27H37N5O3.ClH/c1-35-28-16-19-12-14-22(15-13-19)24-29-23-25(30-24)31(17-20-8-4-2-5-9-20)27(34)32(26(23)33)18-21-10-6-3-7-11-21;/h12-15,20-21,28H,2-11,16-18H2,1H3,(H,29,30);1H.